The predicted octanol–water partition coefficient (Wildman–Crippen LogP) is 3.01. The normalized spacial score (nSPS) is 10.9. The molecule has 1 N–H and O–H groups in total. The standard InChI is InChI=1S/C23H28N4O3/c1-4-14-26-19-7-5-6-8-20(19)27(23(26)30)15-13-22(29)25(3)16-21(28)24-18-11-9-17(2)10-12-18/h5-12H,4,13-16H2,1-3H3,(H,24,28). The number of benzene rings is 2. The number of rotatable bonds is 8. The van der Waals surface area contributed by atoms with E-state index in [-0.39, 0.29) is 37.0 Å². The van der Waals surface area contributed by atoms with Crippen LogP contribution in [0.5, 0.6) is 0 Å². The molecule has 1 heterocycles. The predicted molar refractivity (Wildman–Crippen MR) is 119 cm³/mol. The van der Waals surface area contributed by atoms with Gasteiger partial charge in [-0.2, -0.15) is 0 Å². The van der Waals surface area contributed by atoms with E-state index in [0.717, 1.165) is 23.0 Å². The lowest BCUT2D eigenvalue weighted by atomic mass is 10.2. The number of carbonyl (C=O) groups excluding carboxylic acids is 2. The first-order chi connectivity index (χ1) is 14.4. The number of fused-ring (bicyclic) bond motifs is 1. The molecule has 3 aromatic rings. The molecule has 2 amide bonds. The summed E-state index contributed by atoms with van der Waals surface area (Å²) >= 11 is 0. The van der Waals surface area contributed by atoms with Crippen molar-refractivity contribution in [3.63, 3.8) is 0 Å². The Hall–Kier alpha value is -3.35. The van der Waals surface area contributed by atoms with Crippen LogP contribution in [-0.4, -0.2) is 39.4 Å². The van der Waals surface area contributed by atoms with Crippen molar-refractivity contribution in [3.05, 3.63) is 64.6 Å². The zero-order valence-electron chi connectivity index (χ0n) is 17.7. The summed E-state index contributed by atoms with van der Waals surface area (Å²) in [5.41, 5.74) is 3.40. The molecule has 158 valence electrons. The van der Waals surface area contributed by atoms with E-state index in [4.69, 9.17) is 0 Å². The summed E-state index contributed by atoms with van der Waals surface area (Å²) in [6.45, 7) is 4.87. The Balaban J connectivity index is 1.62. The number of hydrogen-bond acceptors (Lipinski definition) is 3. The highest BCUT2D eigenvalue weighted by atomic mass is 16.2. The van der Waals surface area contributed by atoms with Crippen LogP contribution in [0.15, 0.2) is 53.3 Å². The molecule has 0 radical (unpaired) electrons. The highest BCUT2D eigenvalue weighted by Gasteiger charge is 2.16. The highest BCUT2D eigenvalue weighted by Crippen LogP contribution is 2.14. The van der Waals surface area contributed by atoms with Crippen molar-refractivity contribution in [2.24, 2.45) is 0 Å². The summed E-state index contributed by atoms with van der Waals surface area (Å²) in [4.78, 5) is 39.0. The fourth-order valence-electron chi connectivity index (χ4n) is 3.47. The second-order valence-electron chi connectivity index (χ2n) is 7.49. The first kappa shape index (κ1) is 21.4. The summed E-state index contributed by atoms with van der Waals surface area (Å²) < 4.78 is 3.39. The largest absolute Gasteiger partial charge is 0.336 e. The van der Waals surface area contributed by atoms with Crippen LogP contribution in [-0.2, 0) is 22.7 Å². The molecule has 30 heavy (non-hydrogen) atoms. The fraction of sp³-hybridized carbons (Fsp3) is 0.348. The molecule has 0 aliphatic rings. The number of nitrogens with one attached hydrogen (secondary N) is 1. The van der Waals surface area contributed by atoms with E-state index in [1.807, 2.05) is 62.4 Å². The molecule has 1 aromatic heterocycles. The molecule has 7 heteroatoms. The summed E-state index contributed by atoms with van der Waals surface area (Å²) in [6.07, 6.45) is 1.00. The van der Waals surface area contributed by atoms with Gasteiger partial charge in [0, 0.05) is 32.2 Å². The number of hydrogen-bond donors (Lipinski definition) is 1. The smallest absolute Gasteiger partial charge is 0.329 e. The molecule has 0 spiro atoms. The number of anilines is 1. The summed E-state index contributed by atoms with van der Waals surface area (Å²) in [5, 5.41) is 2.79. The zero-order valence-corrected chi connectivity index (χ0v) is 17.7. The molecule has 0 unspecified atom stereocenters. The van der Waals surface area contributed by atoms with Gasteiger partial charge in [-0.05, 0) is 37.6 Å². The van der Waals surface area contributed by atoms with Crippen LogP contribution in [0.2, 0.25) is 0 Å². The first-order valence-corrected chi connectivity index (χ1v) is 10.2. The monoisotopic (exact) mass is 408 g/mol. The lowest BCUT2D eigenvalue weighted by molar-refractivity contribution is -0.133. The lowest BCUT2D eigenvalue weighted by Gasteiger charge is -2.17. The van der Waals surface area contributed by atoms with Crippen LogP contribution < -0.4 is 11.0 Å². The van der Waals surface area contributed by atoms with Crippen molar-refractivity contribution in [3.8, 4) is 0 Å². The number of likely N-dealkylation sites (N-methyl/N-ethyl adjacent to an activating group) is 1. The molecule has 0 aliphatic heterocycles. The van der Waals surface area contributed by atoms with E-state index >= 15 is 0 Å². The molecule has 0 saturated heterocycles. The summed E-state index contributed by atoms with van der Waals surface area (Å²) in [7, 11) is 1.60. The number of para-hydroxylation sites is 2. The Morgan fingerprint density at radius 2 is 1.57 bits per heavy atom. The molecule has 0 saturated carbocycles. The minimum Gasteiger partial charge on any atom is -0.336 e. The van der Waals surface area contributed by atoms with Crippen LogP contribution >= 0.6 is 0 Å². The maximum Gasteiger partial charge on any atom is 0.329 e. The van der Waals surface area contributed by atoms with E-state index in [1.54, 1.807) is 16.2 Å². The van der Waals surface area contributed by atoms with E-state index in [9.17, 15) is 14.4 Å². The Morgan fingerprint density at radius 3 is 2.17 bits per heavy atom. The van der Waals surface area contributed by atoms with Crippen molar-refractivity contribution < 1.29 is 9.59 Å². The number of aromatic nitrogens is 2. The van der Waals surface area contributed by atoms with E-state index in [1.165, 1.54) is 4.90 Å². The SMILES string of the molecule is CCCn1c(=O)n(CCC(=O)N(C)CC(=O)Nc2ccc(C)cc2)c2ccccc21. The zero-order chi connectivity index (χ0) is 21.7. The number of nitrogens with zero attached hydrogens (tertiary/aromatic N) is 3. The Morgan fingerprint density at radius 1 is 0.967 bits per heavy atom. The van der Waals surface area contributed by atoms with E-state index in [2.05, 4.69) is 5.32 Å². The van der Waals surface area contributed by atoms with Crippen LogP contribution in [0.1, 0.15) is 25.3 Å². The van der Waals surface area contributed by atoms with Gasteiger partial charge in [-0.25, -0.2) is 4.79 Å². The molecule has 2 aromatic carbocycles. The van der Waals surface area contributed by atoms with Crippen molar-refractivity contribution in [1.29, 1.82) is 0 Å². The van der Waals surface area contributed by atoms with Crippen molar-refractivity contribution in [2.75, 3.05) is 18.9 Å². The van der Waals surface area contributed by atoms with Gasteiger partial charge in [0.2, 0.25) is 11.8 Å². The second-order valence-corrected chi connectivity index (χ2v) is 7.49. The van der Waals surface area contributed by atoms with Gasteiger partial charge in [0.1, 0.15) is 0 Å². The third-order valence-electron chi connectivity index (χ3n) is 5.06. The van der Waals surface area contributed by atoms with Gasteiger partial charge < -0.3 is 10.2 Å². The number of carbonyl (C=O) groups is 2. The molecule has 3 rings (SSSR count). The lowest BCUT2D eigenvalue weighted by Crippen LogP contribution is -2.36. The average molecular weight is 409 g/mol. The Kier molecular flexibility index (Phi) is 6.72. The molecular formula is C23H28N4O3. The molecule has 0 bridgehead atoms. The van der Waals surface area contributed by atoms with Crippen LogP contribution in [0, 0.1) is 6.92 Å². The quantitative estimate of drug-likeness (QED) is 0.623. The van der Waals surface area contributed by atoms with Gasteiger partial charge in [-0.15, -0.1) is 0 Å². The van der Waals surface area contributed by atoms with Gasteiger partial charge in [-0.1, -0.05) is 36.8 Å². The molecule has 7 nitrogen and oxygen atoms in total. The van der Waals surface area contributed by atoms with Crippen LogP contribution in [0.25, 0.3) is 11.0 Å². The first-order valence-electron chi connectivity index (χ1n) is 10.2. The van der Waals surface area contributed by atoms with E-state index < -0.39 is 0 Å². The van der Waals surface area contributed by atoms with Gasteiger partial charge in [0.25, 0.3) is 0 Å². The van der Waals surface area contributed by atoms with Crippen molar-refractivity contribution in [1.82, 2.24) is 14.0 Å². The number of amides is 2. The van der Waals surface area contributed by atoms with Crippen molar-refractivity contribution in [2.45, 2.75) is 39.8 Å². The van der Waals surface area contributed by atoms with Crippen LogP contribution in [0.3, 0.4) is 0 Å². The molecule has 0 aliphatic carbocycles. The molecule has 0 atom stereocenters. The Labute approximate surface area is 175 Å². The maximum atomic E-state index is 12.8. The second kappa shape index (κ2) is 9.43. The van der Waals surface area contributed by atoms with Crippen molar-refractivity contribution >= 4 is 28.5 Å². The average Bonchev–Trinajstić information content (AvgIpc) is 2.99. The number of aryl methyl sites for hydroxylation is 3. The molecular weight excluding hydrogens is 380 g/mol. The van der Waals surface area contributed by atoms with Crippen LogP contribution in [0.4, 0.5) is 5.69 Å². The summed E-state index contributed by atoms with van der Waals surface area (Å²) in [6, 6.07) is 15.1. The Bertz CT molecular complexity index is 1100. The van der Waals surface area contributed by atoms with Gasteiger partial charge in [0.05, 0.1) is 17.6 Å². The van der Waals surface area contributed by atoms with E-state index in [0.29, 0.717) is 12.2 Å². The van der Waals surface area contributed by atoms with Gasteiger partial charge in [0.15, 0.2) is 0 Å². The third-order valence-corrected chi connectivity index (χ3v) is 5.06. The maximum absolute atomic E-state index is 12.8. The third kappa shape index (κ3) is 4.79. The van der Waals surface area contributed by atoms with Gasteiger partial charge in [-0.3, -0.25) is 18.7 Å². The highest BCUT2D eigenvalue weighted by molar-refractivity contribution is 5.94. The minimum absolute atomic E-state index is 0.0425. The van der Waals surface area contributed by atoms with Gasteiger partial charge >= 0.3 is 5.69 Å². The fourth-order valence-corrected chi connectivity index (χ4v) is 3.47. The summed E-state index contributed by atoms with van der Waals surface area (Å²) in [5.74, 6) is -0.445. The number of imidazole rings is 1. The minimum atomic E-state index is -0.258. The topological polar surface area (TPSA) is 76.3 Å². The molecule has 0 fully saturated rings.